The molecular formula is C18H36N2. The summed E-state index contributed by atoms with van der Waals surface area (Å²) in [6.45, 7) is 13.3. The molecule has 20 heavy (non-hydrogen) atoms. The minimum absolute atomic E-state index is 0.550. The van der Waals surface area contributed by atoms with E-state index in [0.717, 1.165) is 18.0 Å². The number of nitrogens with zero attached hydrogens (tertiary/aromatic N) is 1. The average molecular weight is 281 g/mol. The highest BCUT2D eigenvalue weighted by atomic mass is 15.2. The van der Waals surface area contributed by atoms with Crippen LogP contribution in [-0.4, -0.2) is 36.6 Å². The van der Waals surface area contributed by atoms with Gasteiger partial charge < -0.3 is 10.2 Å². The zero-order valence-corrected chi connectivity index (χ0v) is 14.3. The van der Waals surface area contributed by atoms with Crippen LogP contribution in [0.4, 0.5) is 0 Å². The minimum Gasteiger partial charge on any atom is -0.313 e. The molecule has 0 aromatic rings. The van der Waals surface area contributed by atoms with Gasteiger partial charge in [0.1, 0.15) is 0 Å². The lowest BCUT2D eigenvalue weighted by Crippen LogP contribution is -2.48. The second kappa shape index (κ2) is 7.26. The summed E-state index contributed by atoms with van der Waals surface area (Å²) in [4.78, 5) is 2.73. The highest BCUT2D eigenvalue weighted by Gasteiger charge is 2.37. The third kappa shape index (κ3) is 4.46. The lowest BCUT2D eigenvalue weighted by Gasteiger charge is -2.44. The Hall–Kier alpha value is -0.0800. The van der Waals surface area contributed by atoms with E-state index in [1.54, 1.807) is 0 Å². The van der Waals surface area contributed by atoms with Crippen LogP contribution in [0.5, 0.6) is 0 Å². The molecule has 0 saturated heterocycles. The number of nitrogens with one attached hydrogen (secondary N) is 1. The molecule has 2 rings (SSSR count). The van der Waals surface area contributed by atoms with Gasteiger partial charge in [0.05, 0.1) is 0 Å². The van der Waals surface area contributed by atoms with Crippen molar-refractivity contribution in [2.45, 2.75) is 84.7 Å². The third-order valence-corrected chi connectivity index (χ3v) is 5.84. The Morgan fingerprint density at radius 2 is 1.80 bits per heavy atom. The maximum absolute atomic E-state index is 3.84. The first kappa shape index (κ1) is 16.3. The third-order valence-electron chi connectivity index (χ3n) is 5.84. The Morgan fingerprint density at radius 1 is 1.15 bits per heavy atom. The Bertz CT molecular complexity index is 277. The average Bonchev–Trinajstić information content (AvgIpc) is 3.29. The normalized spacial score (nSPS) is 32.5. The maximum Gasteiger partial charge on any atom is 0.00684 e. The summed E-state index contributed by atoms with van der Waals surface area (Å²) >= 11 is 0. The van der Waals surface area contributed by atoms with Crippen LogP contribution >= 0.6 is 0 Å². The predicted octanol–water partition coefficient (Wildman–Crippen LogP) is 4.06. The summed E-state index contributed by atoms with van der Waals surface area (Å²) < 4.78 is 0. The molecule has 1 atom stereocenters. The fourth-order valence-corrected chi connectivity index (χ4v) is 3.68. The predicted molar refractivity (Wildman–Crippen MR) is 88.1 cm³/mol. The van der Waals surface area contributed by atoms with Gasteiger partial charge in [-0.15, -0.1) is 0 Å². The first-order valence-corrected chi connectivity index (χ1v) is 9.06. The van der Waals surface area contributed by atoms with Crippen LogP contribution in [-0.2, 0) is 0 Å². The van der Waals surface area contributed by atoms with Gasteiger partial charge in [0.15, 0.2) is 0 Å². The van der Waals surface area contributed by atoms with Crippen molar-refractivity contribution in [2.75, 3.05) is 19.6 Å². The molecule has 0 radical (unpaired) electrons. The van der Waals surface area contributed by atoms with Gasteiger partial charge in [-0.25, -0.2) is 0 Å². The molecule has 2 fully saturated rings. The first-order valence-electron chi connectivity index (χ1n) is 9.06. The summed E-state index contributed by atoms with van der Waals surface area (Å²) in [5, 5.41) is 3.84. The molecule has 2 saturated carbocycles. The Morgan fingerprint density at radius 3 is 2.30 bits per heavy atom. The molecule has 0 aromatic heterocycles. The summed E-state index contributed by atoms with van der Waals surface area (Å²) in [5.74, 6) is 0.947. The summed E-state index contributed by atoms with van der Waals surface area (Å²) in [7, 11) is 0. The Labute approximate surface area is 126 Å². The van der Waals surface area contributed by atoms with E-state index in [4.69, 9.17) is 0 Å². The van der Waals surface area contributed by atoms with Crippen LogP contribution in [0.25, 0.3) is 0 Å². The zero-order chi connectivity index (χ0) is 14.6. The van der Waals surface area contributed by atoms with Gasteiger partial charge >= 0.3 is 0 Å². The van der Waals surface area contributed by atoms with Crippen molar-refractivity contribution < 1.29 is 0 Å². The van der Waals surface area contributed by atoms with Crippen molar-refractivity contribution in [3.63, 3.8) is 0 Å². The maximum atomic E-state index is 3.84. The van der Waals surface area contributed by atoms with E-state index in [1.165, 1.54) is 64.6 Å². The van der Waals surface area contributed by atoms with E-state index >= 15 is 0 Å². The molecule has 2 nitrogen and oxygen atoms in total. The second-order valence-electron chi connectivity index (χ2n) is 7.66. The van der Waals surface area contributed by atoms with E-state index in [1.807, 2.05) is 0 Å². The van der Waals surface area contributed by atoms with Crippen LogP contribution in [0.15, 0.2) is 0 Å². The van der Waals surface area contributed by atoms with Gasteiger partial charge in [-0.3, -0.25) is 0 Å². The van der Waals surface area contributed by atoms with Crippen molar-refractivity contribution in [3.05, 3.63) is 0 Å². The molecule has 0 spiro atoms. The van der Waals surface area contributed by atoms with Crippen LogP contribution in [0, 0.1) is 11.3 Å². The van der Waals surface area contributed by atoms with Gasteiger partial charge in [-0.1, -0.05) is 33.6 Å². The summed E-state index contributed by atoms with van der Waals surface area (Å²) in [6, 6.07) is 1.59. The minimum atomic E-state index is 0.550. The Kier molecular flexibility index (Phi) is 5.92. The number of hydrogen-bond donors (Lipinski definition) is 1. The van der Waals surface area contributed by atoms with E-state index < -0.39 is 0 Å². The van der Waals surface area contributed by atoms with Crippen molar-refractivity contribution in [2.24, 2.45) is 11.3 Å². The molecule has 2 heteroatoms. The number of hydrogen-bond acceptors (Lipinski definition) is 2. The Balaban J connectivity index is 1.96. The zero-order valence-electron chi connectivity index (χ0n) is 14.3. The lowest BCUT2D eigenvalue weighted by molar-refractivity contribution is 0.0684. The molecule has 0 bridgehead atoms. The fraction of sp³-hybridized carbons (Fsp3) is 1.00. The van der Waals surface area contributed by atoms with Gasteiger partial charge in [0, 0.05) is 25.2 Å². The SMILES string of the molecule is CCC(C)N(CC)CC1(CNC2CC2)CCC(C)CC1. The molecule has 0 aliphatic heterocycles. The summed E-state index contributed by atoms with van der Waals surface area (Å²) in [6.07, 6.45) is 9.83. The molecule has 118 valence electrons. The molecule has 1 N–H and O–H groups in total. The second-order valence-corrected chi connectivity index (χ2v) is 7.66. The molecular weight excluding hydrogens is 244 g/mol. The van der Waals surface area contributed by atoms with E-state index in [2.05, 4.69) is 37.9 Å². The molecule has 0 amide bonds. The van der Waals surface area contributed by atoms with Crippen LogP contribution in [0.3, 0.4) is 0 Å². The van der Waals surface area contributed by atoms with Gasteiger partial charge in [-0.05, 0) is 56.9 Å². The van der Waals surface area contributed by atoms with E-state index in [0.29, 0.717) is 5.41 Å². The number of rotatable bonds is 8. The molecule has 2 aliphatic carbocycles. The van der Waals surface area contributed by atoms with Crippen LogP contribution in [0.2, 0.25) is 0 Å². The topological polar surface area (TPSA) is 15.3 Å². The van der Waals surface area contributed by atoms with Crippen molar-refractivity contribution in [3.8, 4) is 0 Å². The molecule has 0 heterocycles. The highest BCUT2D eigenvalue weighted by Crippen LogP contribution is 2.40. The highest BCUT2D eigenvalue weighted by molar-refractivity contribution is 4.93. The molecule has 0 aromatic carbocycles. The van der Waals surface area contributed by atoms with Crippen LogP contribution in [0.1, 0.15) is 72.6 Å². The molecule has 1 unspecified atom stereocenters. The van der Waals surface area contributed by atoms with Gasteiger partial charge in [0.2, 0.25) is 0 Å². The fourth-order valence-electron chi connectivity index (χ4n) is 3.68. The monoisotopic (exact) mass is 280 g/mol. The van der Waals surface area contributed by atoms with E-state index in [9.17, 15) is 0 Å². The largest absolute Gasteiger partial charge is 0.313 e. The van der Waals surface area contributed by atoms with Crippen molar-refractivity contribution in [1.29, 1.82) is 0 Å². The van der Waals surface area contributed by atoms with Crippen molar-refractivity contribution >= 4 is 0 Å². The van der Waals surface area contributed by atoms with Gasteiger partial charge in [-0.2, -0.15) is 0 Å². The smallest absolute Gasteiger partial charge is 0.00684 e. The van der Waals surface area contributed by atoms with E-state index in [-0.39, 0.29) is 0 Å². The molecule has 2 aliphatic rings. The lowest BCUT2D eigenvalue weighted by atomic mass is 9.70. The van der Waals surface area contributed by atoms with Gasteiger partial charge in [0.25, 0.3) is 0 Å². The van der Waals surface area contributed by atoms with Crippen LogP contribution < -0.4 is 5.32 Å². The quantitative estimate of drug-likeness (QED) is 0.721. The summed E-state index contributed by atoms with van der Waals surface area (Å²) in [5.41, 5.74) is 0.550. The standard InChI is InChI=1S/C18H36N2/c1-5-16(4)20(6-2)14-18(13-19-17-7-8-17)11-9-15(3)10-12-18/h15-17,19H,5-14H2,1-4H3. The first-order chi connectivity index (χ1) is 9.58. The van der Waals surface area contributed by atoms with Crippen molar-refractivity contribution in [1.82, 2.24) is 10.2 Å².